The quantitative estimate of drug-likeness (QED) is 0.721. The van der Waals surface area contributed by atoms with Crippen LogP contribution >= 0.6 is 0 Å². The van der Waals surface area contributed by atoms with Gasteiger partial charge in [0.2, 0.25) is 10.0 Å². The summed E-state index contributed by atoms with van der Waals surface area (Å²) in [5.74, 6) is -2.67. The third-order valence-corrected chi connectivity index (χ3v) is 6.24. The van der Waals surface area contributed by atoms with Crippen molar-refractivity contribution < 1.29 is 27.1 Å². The lowest BCUT2D eigenvalue weighted by atomic mass is 9.86. The summed E-state index contributed by atoms with van der Waals surface area (Å²) in [4.78, 5) is 11.9. The fourth-order valence-corrected chi connectivity index (χ4v) is 4.55. The van der Waals surface area contributed by atoms with Gasteiger partial charge in [0.25, 0.3) is 0 Å². The number of benzene rings is 1. The number of sulfonamides is 1. The van der Waals surface area contributed by atoms with Crippen molar-refractivity contribution in [1.82, 2.24) is 9.62 Å². The van der Waals surface area contributed by atoms with Gasteiger partial charge in [-0.2, -0.15) is 0 Å². The number of nitrogens with one attached hydrogen (secondary N) is 1. The van der Waals surface area contributed by atoms with E-state index in [-0.39, 0.29) is 12.6 Å². The van der Waals surface area contributed by atoms with Crippen molar-refractivity contribution in [2.75, 3.05) is 13.1 Å². The highest BCUT2D eigenvalue weighted by Crippen LogP contribution is 2.34. The summed E-state index contributed by atoms with van der Waals surface area (Å²) in [5, 5.41) is 9.01. The van der Waals surface area contributed by atoms with Crippen LogP contribution in [0.15, 0.2) is 23.1 Å². The molecule has 2 fully saturated rings. The molecule has 25 heavy (non-hydrogen) atoms. The lowest BCUT2D eigenvalue weighted by Crippen LogP contribution is -2.55. The van der Waals surface area contributed by atoms with Crippen molar-refractivity contribution in [1.29, 1.82) is 0 Å². The average molecular weight is 374 g/mol. The highest BCUT2D eigenvalue weighted by atomic mass is 32.2. The number of carboxylic acid groups (broad SMARTS) is 1. The van der Waals surface area contributed by atoms with E-state index >= 15 is 0 Å². The molecule has 0 radical (unpaired) electrons. The minimum absolute atomic E-state index is 0.0325. The predicted molar refractivity (Wildman–Crippen MR) is 85.4 cm³/mol. The monoisotopic (exact) mass is 374 g/mol. The van der Waals surface area contributed by atoms with Crippen LogP contribution in [0, 0.1) is 17.6 Å². The average Bonchev–Trinajstić information content (AvgIpc) is 3.24. The molecule has 0 amide bonds. The Hall–Kier alpha value is -1.58. The Labute approximate surface area is 144 Å². The second-order valence-electron chi connectivity index (χ2n) is 6.76. The molecule has 0 bridgehead atoms. The Morgan fingerprint density at radius 3 is 2.36 bits per heavy atom. The van der Waals surface area contributed by atoms with Crippen molar-refractivity contribution in [2.24, 2.45) is 5.92 Å². The lowest BCUT2D eigenvalue weighted by molar-refractivity contribution is -0.139. The van der Waals surface area contributed by atoms with E-state index in [1.807, 2.05) is 4.90 Å². The first-order valence-electron chi connectivity index (χ1n) is 8.18. The van der Waals surface area contributed by atoms with Crippen LogP contribution in [0.1, 0.15) is 25.7 Å². The lowest BCUT2D eigenvalue weighted by Gasteiger charge is -2.42. The summed E-state index contributed by atoms with van der Waals surface area (Å²) in [6.07, 6.45) is 3.03. The number of carbonyl (C=O) groups is 1. The van der Waals surface area contributed by atoms with E-state index in [4.69, 9.17) is 5.11 Å². The number of hydrogen-bond donors (Lipinski definition) is 2. The van der Waals surface area contributed by atoms with Crippen molar-refractivity contribution in [3.05, 3.63) is 29.8 Å². The van der Waals surface area contributed by atoms with E-state index in [0.29, 0.717) is 25.3 Å². The maximum Gasteiger partial charge on any atom is 0.317 e. The fourth-order valence-electron chi connectivity index (χ4n) is 3.15. The number of nitrogens with zero attached hydrogens (tertiary/aromatic N) is 1. The van der Waals surface area contributed by atoms with Gasteiger partial charge in [0.15, 0.2) is 4.90 Å². The van der Waals surface area contributed by atoms with Gasteiger partial charge in [-0.25, -0.2) is 21.9 Å². The third kappa shape index (κ3) is 4.34. The van der Waals surface area contributed by atoms with Gasteiger partial charge >= 0.3 is 5.97 Å². The van der Waals surface area contributed by atoms with Crippen LogP contribution in [0.3, 0.4) is 0 Å². The molecular formula is C16H20F2N2O4S. The number of hydrogen-bond acceptors (Lipinski definition) is 4. The molecule has 0 spiro atoms. The third-order valence-electron chi connectivity index (χ3n) is 4.67. The Bertz CT molecular complexity index is 741. The normalized spacial score (nSPS) is 23.5. The topological polar surface area (TPSA) is 86.7 Å². The maximum absolute atomic E-state index is 13.7. The highest BCUT2D eigenvalue weighted by molar-refractivity contribution is 7.89. The van der Waals surface area contributed by atoms with Crippen LogP contribution < -0.4 is 4.72 Å². The molecule has 0 saturated heterocycles. The summed E-state index contributed by atoms with van der Waals surface area (Å²) in [6, 6.07) is 2.40. The van der Waals surface area contributed by atoms with Gasteiger partial charge in [-0.3, -0.25) is 9.69 Å². The van der Waals surface area contributed by atoms with Gasteiger partial charge < -0.3 is 5.11 Å². The van der Waals surface area contributed by atoms with Gasteiger partial charge in [0.1, 0.15) is 11.6 Å². The molecule has 0 aliphatic heterocycles. The van der Waals surface area contributed by atoms with Crippen molar-refractivity contribution in [3.8, 4) is 0 Å². The number of carboxylic acids is 1. The summed E-state index contributed by atoms with van der Waals surface area (Å²) in [6.45, 7) is 0.612. The Balaban J connectivity index is 1.61. The molecule has 3 rings (SSSR count). The Morgan fingerprint density at radius 1 is 1.24 bits per heavy atom. The molecule has 138 valence electrons. The number of rotatable bonds is 8. The fraction of sp³-hybridized carbons (Fsp3) is 0.562. The highest BCUT2D eigenvalue weighted by Gasteiger charge is 2.39. The smallest absolute Gasteiger partial charge is 0.317 e. The zero-order chi connectivity index (χ0) is 18.2. The van der Waals surface area contributed by atoms with Gasteiger partial charge in [0, 0.05) is 18.6 Å². The molecule has 0 unspecified atom stereocenters. The second-order valence-corrected chi connectivity index (χ2v) is 8.41. The van der Waals surface area contributed by atoms with E-state index in [1.165, 1.54) is 0 Å². The first kappa shape index (κ1) is 18.2. The van der Waals surface area contributed by atoms with Gasteiger partial charge in [-0.1, -0.05) is 6.07 Å². The second kappa shape index (κ2) is 6.97. The SMILES string of the molecule is O=C(O)CN(CC1CC1)C1CC(NS(=O)(=O)c2c(F)cccc2F)C1. The number of aliphatic carboxylic acids is 1. The Kier molecular flexibility index (Phi) is 5.08. The van der Waals surface area contributed by atoms with Gasteiger partial charge in [-0.05, 0) is 43.7 Å². The minimum Gasteiger partial charge on any atom is -0.480 e. The molecular weight excluding hydrogens is 354 g/mol. The summed E-state index contributed by atoms with van der Waals surface area (Å²) >= 11 is 0. The standard InChI is InChI=1S/C16H20F2N2O4S/c17-13-2-1-3-14(18)16(13)25(23,24)19-11-6-12(7-11)20(9-15(21)22)8-10-4-5-10/h1-3,10-12,19H,4-9H2,(H,21,22). The zero-order valence-electron chi connectivity index (χ0n) is 13.5. The molecule has 2 N–H and O–H groups in total. The summed E-state index contributed by atoms with van der Waals surface area (Å²) < 4.78 is 54.1. The number of halogens is 2. The first-order valence-corrected chi connectivity index (χ1v) is 9.67. The molecule has 2 aliphatic rings. The molecule has 0 aromatic heterocycles. The molecule has 6 nitrogen and oxygen atoms in total. The van der Waals surface area contributed by atoms with Crippen molar-refractivity contribution in [2.45, 2.75) is 42.7 Å². The predicted octanol–water partition coefficient (Wildman–Crippen LogP) is 1.57. The Morgan fingerprint density at radius 2 is 1.84 bits per heavy atom. The molecule has 0 heterocycles. The summed E-state index contributed by atoms with van der Waals surface area (Å²) in [5.41, 5.74) is 0. The van der Waals surface area contributed by atoms with Crippen LogP contribution in [0.2, 0.25) is 0 Å². The molecule has 9 heteroatoms. The molecule has 2 saturated carbocycles. The molecule has 0 atom stereocenters. The first-order chi connectivity index (χ1) is 11.8. The summed E-state index contributed by atoms with van der Waals surface area (Å²) in [7, 11) is -4.30. The molecule has 2 aliphatic carbocycles. The van der Waals surface area contributed by atoms with Crippen LogP contribution in [0.5, 0.6) is 0 Å². The zero-order valence-corrected chi connectivity index (χ0v) is 14.3. The van der Waals surface area contributed by atoms with Crippen LogP contribution in [0.4, 0.5) is 8.78 Å². The molecule has 1 aromatic rings. The molecule has 1 aromatic carbocycles. The largest absolute Gasteiger partial charge is 0.480 e. The van der Waals surface area contributed by atoms with E-state index in [2.05, 4.69) is 4.72 Å². The van der Waals surface area contributed by atoms with E-state index < -0.39 is 38.6 Å². The van der Waals surface area contributed by atoms with Crippen molar-refractivity contribution >= 4 is 16.0 Å². The minimum atomic E-state index is -4.30. The van der Waals surface area contributed by atoms with Crippen LogP contribution in [-0.2, 0) is 14.8 Å². The van der Waals surface area contributed by atoms with Gasteiger partial charge in [-0.15, -0.1) is 0 Å². The van der Waals surface area contributed by atoms with Crippen LogP contribution in [0.25, 0.3) is 0 Å². The van der Waals surface area contributed by atoms with Crippen LogP contribution in [-0.4, -0.2) is 49.6 Å². The van der Waals surface area contributed by atoms with E-state index in [0.717, 1.165) is 31.0 Å². The van der Waals surface area contributed by atoms with E-state index in [1.54, 1.807) is 0 Å². The maximum atomic E-state index is 13.7. The van der Waals surface area contributed by atoms with Gasteiger partial charge in [0.05, 0.1) is 6.54 Å². The van der Waals surface area contributed by atoms with Crippen molar-refractivity contribution in [3.63, 3.8) is 0 Å². The van der Waals surface area contributed by atoms with E-state index in [9.17, 15) is 22.0 Å².